The van der Waals surface area contributed by atoms with Gasteiger partial charge in [-0.1, -0.05) is 0 Å². The number of benzene rings is 1. The first-order valence-electron chi connectivity index (χ1n) is 7.97. The minimum Gasteiger partial charge on any atom is -0.384 e. The third-order valence-corrected chi connectivity index (χ3v) is 6.11. The van der Waals surface area contributed by atoms with E-state index in [1.54, 1.807) is 7.11 Å². The Morgan fingerprint density at radius 1 is 1.27 bits per heavy atom. The minimum atomic E-state index is -4.50. The minimum absolute atomic E-state index is 0. The zero-order chi connectivity index (χ0) is 18.7. The number of piperidine rings is 1. The number of hydrogen-bond acceptors (Lipinski definition) is 4. The van der Waals surface area contributed by atoms with Crippen LogP contribution in [0.1, 0.15) is 24.0 Å². The molecule has 1 aromatic rings. The van der Waals surface area contributed by atoms with Crippen LogP contribution in [-0.2, 0) is 20.9 Å². The van der Waals surface area contributed by atoms with E-state index in [9.17, 15) is 21.6 Å². The van der Waals surface area contributed by atoms with Gasteiger partial charge in [0.25, 0.3) is 0 Å². The van der Waals surface area contributed by atoms with Gasteiger partial charge in [-0.05, 0) is 56.6 Å². The number of methoxy groups -OCH3 is 1. The maximum absolute atomic E-state index is 12.7. The molecule has 26 heavy (non-hydrogen) atoms. The molecule has 150 valence electrons. The molecule has 0 aliphatic carbocycles. The van der Waals surface area contributed by atoms with E-state index in [1.807, 2.05) is 0 Å². The normalized spacial score (nSPS) is 17.6. The van der Waals surface area contributed by atoms with Gasteiger partial charge in [0.1, 0.15) is 0 Å². The van der Waals surface area contributed by atoms with E-state index >= 15 is 0 Å². The molecule has 1 fully saturated rings. The van der Waals surface area contributed by atoms with Gasteiger partial charge in [0.05, 0.1) is 17.1 Å². The summed E-state index contributed by atoms with van der Waals surface area (Å²) in [7, 11) is -2.33. The monoisotopic (exact) mass is 416 g/mol. The predicted molar refractivity (Wildman–Crippen MR) is 95.0 cm³/mol. The fourth-order valence-corrected chi connectivity index (χ4v) is 4.47. The lowest BCUT2D eigenvalue weighted by atomic mass is 9.80. The maximum Gasteiger partial charge on any atom is 0.416 e. The van der Waals surface area contributed by atoms with E-state index in [0.29, 0.717) is 6.61 Å². The Hall–Kier alpha value is -0.870. The fourth-order valence-electron chi connectivity index (χ4n) is 3.09. The van der Waals surface area contributed by atoms with Crippen molar-refractivity contribution in [2.75, 3.05) is 33.4 Å². The van der Waals surface area contributed by atoms with E-state index < -0.39 is 21.8 Å². The second kappa shape index (κ2) is 8.88. The molecule has 5 nitrogen and oxygen atoms in total. The molecule has 2 N–H and O–H groups in total. The third kappa shape index (κ3) is 5.56. The van der Waals surface area contributed by atoms with Gasteiger partial charge in [0, 0.05) is 19.1 Å². The van der Waals surface area contributed by atoms with Crippen LogP contribution in [0.2, 0.25) is 0 Å². The average molecular weight is 417 g/mol. The zero-order valence-electron chi connectivity index (χ0n) is 14.6. The largest absolute Gasteiger partial charge is 0.416 e. The first kappa shape index (κ1) is 23.2. The van der Waals surface area contributed by atoms with Crippen molar-refractivity contribution in [1.29, 1.82) is 0 Å². The summed E-state index contributed by atoms with van der Waals surface area (Å²) in [5.74, 6) is 0. The molecular weight excluding hydrogens is 393 g/mol. The van der Waals surface area contributed by atoms with Crippen molar-refractivity contribution in [1.82, 2.24) is 10.0 Å². The standard InChI is InChI=1S/C16H23F3N2O3S.ClH/c1-12-9-13(16(17,18)19)3-4-14(12)25(22,23)21-10-15(11-24-2)5-7-20-8-6-15;/h3-4,9,20-21H,5-8,10-11H2,1-2H3;1H. The zero-order valence-corrected chi connectivity index (χ0v) is 16.3. The van der Waals surface area contributed by atoms with Crippen molar-refractivity contribution in [3.8, 4) is 0 Å². The van der Waals surface area contributed by atoms with E-state index in [-0.39, 0.29) is 34.8 Å². The van der Waals surface area contributed by atoms with Crippen molar-refractivity contribution in [3.63, 3.8) is 0 Å². The van der Waals surface area contributed by atoms with Crippen molar-refractivity contribution in [2.45, 2.75) is 30.8 Å². The SMILES string of the molecule is COCC1(CNS(=O)(=O)c2ccc(C(F)(F)F)cc2C)CCNCC1.Cl. The summed E-state index contributed by atoms with van der Waals surface area (Å²) in [6.07, 6.45) is -2.98. The van der Waals surface area contributed by atoms with Crippen molar-refractivity contribution in [3.05, 3.63) is 29.3 Å². The Morgan fingerprint density at radius 2 is 1.88 bits per heavy atom. The highest BCUT2D eigenvalue weighted by molar-refractivity contribution is 7.89. The lowest BCUT2D eigenvalue weighted by molar-refractivity contribution is -0.137. The van der Waals surface area contributed by atoms with E-state index in [0.717, 1.165) is 44.1 Å². The molecule has 1 aliphatic heterocycles. The van der Waals surface area contributed by atoms with Gasteiger partial charge < -0.3 is 10.1 Å². The summed E-state index contributed by atoms with van der Waals surface area (Å²) in [5.41, 5.74) is -1.11. The van der Waals surface area contributed by atoms with Gasteiger partial charge in [0.15, 0.2) is 0 Å². The lowest BCUT2D eigenvalue weighted by Gasteiger charge is -2.37. The summed E-state index contributed by atoms with van der Waals surface area (Å²) >= 11 is 0. The van der Waals surface area contributed by atoms with Gasteiger partial charge in [0.2, 0.25) is 10.0 Å². The van der Waals surface area contributed by atoms with E-state index in [4.69, 9.17) is 4.74 Å². The summed E-state index contributed by atoms with van der Waals surface area (Å²) in [6.45, 7) is 3.50. The molecule has 1 heterocycles. The van der Waals surface area contributed by atoms with E-state index in [2.05, 4.69) is 10.0 Å². The van der Waals surface area contributed by atoms with Crippen LogP contribution in [0, 0.1) is 12.3 Å². The van der Waals surface area contributed by atoms with Crippen LogP contribution in [0.3, 0.4) is 0 Å². The van der Waals surface area contributed by atoms with Gasteiger partial charge in [-0.15, -0.1) is 12.4 Å². The van der Waals surface area contributed by atoms with Crippen LogP contribution in [-0.4, -0.2) is 41.8 Å². The number of alkyl halides is 3. The molecule has 0 saturated carbocycles. The molecule has 0 amide bonds. The summed E-state index contributed by atoms with van der Waals surface area (Å²) in [5, 5.41) is 3.22. The second-order valence-corrected chi connectivity index (χ2v) is 8.22. The van der Waals surface area contributed by atoms with E-state index in [1.165, 1.54) is 6.92 Å². The quantitative estimate of drug-likeness (QED) is 0.748. The van der Waals surface area contributed by atoms with Crippen molar-refractivity contribution in [2.24, 2.45) is 5.41 Å². The topological polar surface area (TPSA) is 67.4 Å². The molecular formula is C16H24ClF3N2O3S. The molecule has 0 bridgehead atoms. The molecule has 0 spiro atoms. The number of halogens is 4. The highest BCUT2D eigenvalue weighted by atomic mass is 35.5. The van der Waals surface area contributed by atoms with Gasteiger partial charge in [-0.2, -0.15) is 13.2 Å². The Morgan fingerprint density at radius 3 is 2.38 bits per heavy atom. The first-order chi connectivity index (χ1) is 11.6. The smallest absolute Gasteiger partial charge is 0.384 e. The van der Waals surface area contributed by atoms with Gasteiger partial charge in [-0.3, -0.25) is 0 Å². The number of hydrogen-bond donors (Lipinski definition) is 2. The molecule has 0 atom stereocenters. The maximum atomic E-state index is 12.7. The summed E-state index contributed by atoms with van der Waals surface area (Å²) in [4.78, 5) is -0.137. The molecule has 1 aliphatic rings. The van der Waals surface area contributed by atoms with Crippen LogP contribution in [0.25, 0.3) is 0 Å². The highest BCUT2D eigenvalue weighted by Crippen LogP contribution is 2.32. The Kier molecular flexibility index (Phi) is 7.91. The lowest BCUT2D eigenvalue weighted by Crippen LogP contribution is -2.47. The molecule has 1 saturated heterocycles. The fraction of sp³-hybridized carbons (Fsp3) is 0.625. The van der Waals surface area contributed by atoms with Crippen LogP contribution >= 0.6 is 12.4 Å². The Labute approximate surface area is 158 Å². The number of ether oxygens (including phenoxy) is 1. The number of nitrogens with one attached hydrogen (secondary N) is 2. The molecule has 0 radical (unpaired) electrons. The molecule has 10 heteroatoms. The van der Waals surface area contributed by atoms with Crippen LogP contribution in [0.15, 0.2) is 23.1 Å². The second-order valence-electron chi connectivity index (χ2n) is 6.49. The van der Waals surface area contributed by atoms with Crippen LogP contribution in [0.5, 0.6) is 0 Å². The predicted octanol–water partition coefficient (Wildman–Crippen LogP) is 2.73. The van der Waals surface area contributed by atoms with Crippen LogP contribution in [0.4, 0.5) is 13.2 Å². The number of aryl methyl sites for hydroxylation is 1. The number of rotatable bonds is 6. The Balaban J connectivity index is 0.00000338. The summed E-state index contributed by atoms with van der Waals surface area (Å²) in [6, 6.07) is 2.65. The molecule has 0 aromatic heterocycles. The van der Waals surface area contributed by atoms with Gasteiger partial charge in [-0.25, -0.2) is 13.1 Å². The van der Waals surface area contributed by atoms with Gasteiger partial charge >= 0.3 is 6.18 Å². The molecule has 2 rings (SSSR count). The summed E-state index contributed by atoms with van der Waals surface area (Å²) < 4.78 is 71.1. The Bertz CT molecular complexity index is 700. The first-order valence-corrected chi connectivity index (χ1v) is 9.45. The molecule has 0 unspecified atom stereocenters. The van der Waals surface area contributed by atoms with Crippen molar-refractivity contribution < 1.29 is 26.3 Å². The third-order valence-electron chi connectivity index (χ3n) is 4.54. The van der Waals surface area contributed by atoms with Crippen molar-refractivity contribution >= 4 is 22.4 Å². The van der Waals surface area contributed by atoms with Crippen LogP contribution < -0.4 is 10.0 Å². The molecule has 1 aromatic carbocycles. The average Bonchev–Trinajstić information content (AvgIpc) is 2.53. The number of sulfonamides is 1. The highest BCUT2D eigenvalue weighted by Gasteiger charge is 2.35.